The van der Waals surface area contributed by atoms with E-state index in [1.165, 1.54) is 43.4 Å². The van der Waals surface area contributed by atoms with E-state index in [4.69, 9.17) is 14.6 Å². The molecule has 1 N–H and O–H groups in total. The molecule has 20 heavy (non-hydrogen) atoms. The molecule has 1 heterocycles. The number of carboxylic acids is 1. The third kappa shape index (κ3) is 3.18. The number of thioether (sulfide) groups is 1. The van der Waals surface area contributed by atoms with Crippen LogP contribution >= 0.6 is 11.8 Å². The molecule has 0 spiro atoms. The van der Waals surface area contributed by atoms with Crippen LogP contribution in [0.25, 0.3) is 0 Å². The fourth-order valence-electron chi connectivity index (χ4n) is 1.49. The van der Waals surface area contributed by atoms with Gasteiger partial charge < -0.3 is 14.6 Å². The lowest BCUT2D eigenvalue weighted by Crippen LogP contribution is -1.99. The van der Waals surface area contributed by atoms with Crippen molar-refractivity contribution in [3.63, 3.8) is 0 Å². The lowest BCUT2D eigenvalue weighted by Gasteiger charge is -2.10. The fourth-order valence-corrected chi connectivity index (χ4v) is 1.86. The summed E-state index contributed by atoms with van der Waals surface area (Å²) < 4.78 is 10.7. The highest BCUT2D eigenvalue weighted by molar-refractivity contribution is 7.98. The Balaban J connectivity index is 2.35. The number of methoxy groups -OCH3 is 1. The predicted molar refractivity (Wildman–Crippen MR) is 73.8 cm³/mol. The van der Waals surface area contributed by atoms with Gasteiger partial charge in [-0.1, -0.05) is 0 Å². The van der Waals surface area contributed by atoms with Crippen molar-refractivity contribution in [3.8, 4) is 17.4 Å². The molecular weight excluding hydrogens is 280 g/mol. The Morgan fingerprint density at radius 2 is 2.05 bits per heavy atom. The average molecular weight is 292 g/mol. The number of aromatic nitrogens is 2. The van der Waals surface area contributed by atoms with E-state index >= 15 is 0 Å². The van der Waals surface area contributed by atoms with Crippen molar-refractivity contribution in [1.29, 1.82) is 0 Å². The standard InChI is InChI=1S/C13H12N2O4S/c1-18-9-4-3-8(13(16)17)5-10(9)19-11-6-12(20-2)15-7-14-11/h3-7H,1-2H3,(H,16,17). The minimum absolute atomic E-state index is 0.111. The lowest BCUT2D eigenvalue weighted by atomic mass is 10.2. The summed E-state index contributed by atoms with van der Waals surface area (Å²) >= 11 is 1.46. The van der Waals surface area contributed by atoms with Gasteiger partial charge in [0.05, 0.1) is 12.7 Å². The van der Waals surface area contributed by atoms with E-state index < -0.39 is 5.97 Å². The zero-order valence-electron chi connectivity index (χ0n) is 10.9. The smallest absolute Gasteiger partial charge is 0.335 e. The van der Waals surface area contributed by atoms with Gasteiger partial charge >= 0.3 is 5.97 Å². The zero-order chi connectivity index (χ0) is 14.5. The summed E-state index contributed by atoms with van der Waals surface area (Å²) in [5, 5.41) is 9.75. The zero-order valence-corrected chi connectivity index (χ0v) is 11.7. The van der Waals surface area contributed by atoms with Crippen molar-refractivity contribution < 1.29 is 19.4 Å². The monoisotopic (exact) mass is 292 g/mol. The third-order valence-corrected chi connectivity index (χ3v) is 3.09. The van der Waals surface area contributed by atoms with Crippen molar-refractivity contribution in [3.05, 3.63) is 36.2 Å². The summed E-state index contributed by atoms with van der Waals surface area (Å²) in [6.07, 6.45) is 3.27. The van der Waals surface area contributed by atoms with Gasteiger partial charge in [-0.25, -0.2) is 14.8 Å². The van der Waals surface area contributed by atoms with Gasteiger partial charge in [-0.05, 0) is 24.5 Å². The van der Waals surface area contributed by atoms with Crippen LogP contribution in [0.4, 0.5) is 0 Å². The van der Waals surface area contributed by atoms with Crippen molar-refractivity contribution in [2.24, 2.45) is 0 Å². The first kappa shape index (κ1) is 14.1. The lowest BCUT2D eigenvalue weighted by molar-refractivity contribution is 0.0696. The Labute approximate surface area is 119 Å². The maximum absolute atomic E-state index is 11.0. The molecule has 6 nitrogen and oxygen atoms in total. The number of hydrogen-bond donors (Lipinski definition) is 1. The maximum Gasteiger partial charge on any atom is 0.335 e. The molecule has 104 valence electrons. The maximum atomic E-state index is 11.0. The van der Waals surface area contributed by atoms with Gasteiger partial charge in [0.1, 0.15) is 11.4 Å². The molecule has 7 heteroatoms. The normalized spacial score (nSPS) is 10.1. The minimum Gasteiger partial charge on any atom is -0.493 e. The van der Waals surface area contributed by atoms with E-state index in [-0.39, 0.29) is 11.3 Å². The molecule has 0 unspecified atom stereocenters. The van der Waals surface area contributed by atoms with Crippen LogP contribution in [0.2, 0.25) is 0 Å². The molecule has 0 radical (unpaired) electrons. The highest BCUT2D eigenvalue weighted by Gasteiger charge is 2.12. The topological polar surface area (TPSA) is 81.5 Å². The van der Waals surface area contributed by atoms with Gasteiger partial charge in [-0.2, -0.15) is 0 Å². The van der Waals surface area contributed by atoms with Gasteiger partial charge in [0, 0.05) is 6.07 Å². The molecule has 0 aliphatic heterocycles. The number of carbonyl (C=O) groups is 1. The van der Waals surface area contributed by atoms with Crippen LogP contribution in [0.15, 0.2) is 35.6 Å². The largest absolute Gasteiger partial charge is 0.493 e. The molecule has 0 saturated carbocycles. The molecule has 0 amide bonds. The molecule has 0 aliphatic rings. The molecule has 2 rings (SSSR count). The molecule has 0 fully saturated rings. The summed E-state index contributed by atoms with van der Waals surface area (Å²) in [5.74, 6) is 0.00708. The number of benzene rings is 1. The first-order valence-corrected chi connectivity index (χ1v) is 6.81. The van der Waals surface area contributed by atoms with Gasteiger partial charge in [-0.3, -0.25) is 0 Å². The molecule has 0 bridgehead atoms. The van der Waals surface area contributed by atoms with Crippen LogP contribution in [-0.4, -0.2) is 34.4 Å². The van der Waals surface area contributed by atoms with Crippen LogP contribution in [0, 0.1) is 0 Å². The van der Waals surface area contributed by atoms with Gasteiger partial charge in [0.2, 0.25) is 5.88 Å². The Morgan fingerprint density at radius 3 is 2.70 bits per heavy atom. The summed E-state index contributed by atoms with van der Waals surface area (Å²) in [5.41, 5.74) is 0.111. The van der Waals surface area contributed by atoms with E-state index in [9.17, 15) is 4.79 Å². The van der Waals surface area contributed by atoms with E-state index in [0.717, 1.165) is 5.03 Å². The number of ether oxygens (including phenoxy) is 2. The Hall–Kier alpha value is -2.28. The van der Waals surface area contributed by atoms with Crippen LogP contribution < -0.4 is 9.47 Å². The molecule has 1 aromatic heterocycles. The Bertz CT molecular complexity index is 634. The average Bonchev–Trinajstić information content (AvgIpc) is 2.47. The number of aromatic carboxylic acids is 1. The SMILES string of the molecule is COc1ccc(C(=O)O)cc1Oc1cc(SC)ncn1. The summed E-state index contributed by atoms with van der Waals surface area (Å²) in [7, 11) is 1.48. The van der Waals surface area contributed by atoms with E-state index in [2.05, 4.69) is 9.97 Å². The number of rotatable bonds is 5. The molecular formula is C13H12N2O4S. The fraction of sp³-hybridized carbons (Fsp3) is 0.154. The highest BCUT2D eigenvalue weighted by Crippen LogP contribution is 2.32. The summed E-state index contributed by atoms with van der Waals surface area (Å²) in [6, 6.07) is 6.04. The van der Waals surface area contributed by atoms with E-state index in [1.807, 2.05) is 6.26 Å². The first-order valence-electron chi connectivity index (χ1n) is 5.59. The highest BCUT2D eigenvalue weighted by atomic mass is 32.2. The minimum atomic E-state index is -1.04. The van der Waals surface area contributed by atoms with Gasteiger partial charge in [0.25, 0.3) is 0 Å². The second-order valence-corrected chi connectivity index (χ2v) is 4.50. The number of hydrogen-bond acceptors (Lipinski definition) is 6. The van der Waals surface area contributed by atoms with Crippen LogP contribution in [-0.2, 0) is 0 Å². The molecule has 0 atom stereocenters. The molecule has 2 aromatic rings. The van der Waals surface area contributed by atoms with Gasteiger partial charge in [-0.15, -0.1) is 11.8 Å². The first-order chi connectivity index (χ1) is 9.63. The third-order valence-electron chi connectivity index (χ3n) is 2.45. The quantitative estimate of drug-likeness (QED) is 0.670. The number of carboxylic acid groups (broad SMARTS) is 1. The Kier molecular flexibility index (Phi) is 4.41. The van der Waals surface area contributed by atoms with Gasteiger partial charge in [0.15, 0.2) is 11.5 Å². The number of nitrogens with zero attached hydrogens (tertiary/aromatic N) is 2. The van der Waals surface area contributed by atoms with Crippen molar-refractivity contribution in [1.82, 2.24) is 9.97 Å². The molecule has 0 aliphatic carbocycles. The Morgan fingerprint density at radius 1 is 1.25 bits per heavy atom. The van der Waals surface area contributed by atoms with E-state index in [1.54, 1.807) is 6.07 Å². The van der Waals surface area contributed by atoms with Crippen LogP contribution in [0.5, 0.6) is 17.4 Å². The van der Waals surface area contributed by atoms with E-state index in [0.29, 0.717) is 11.6 Å². The van der Waals surface area contributed by atoms with Crippen LogP contribution in [0.1, 0.15) is 10.4 Å². The van der Waals surface area contributed by atoms with Crippen molar-refractivity contribution in [2.45, 2.75) is 5.03 Å². The van der Waals surface area contributed by atoms with Crippen molar-refractivity contribution >= 4 is 17.7 Å². The molecule has 0 saturated heterocycles. The predicted octanol–water partition coefficient (Wildman–Crippen LogP) is 2.70. The van der Waals surface area contributed by atoms with Crippen molar-refractivity contribution in [2.75, 3.05) is 13.4 Å². The van der Waals surface area contributed by atoms with Crippen LogP contribution in [0.3, 0.4) is 0 Å². The second kappa shape index (κ2) is 6.25. The summed E-state index contributed by atoms with van der Waals surface area (Å²) in [6.45, 7) is 0. The molecule has 1 aromatic carbocycles. The second-order valence-electron chi connectivity index (χ2n) is 3.67. The summed E-state index contributed by atoms with van der Waals surface area (Å²) in [4.78, 5) is 19.0.